The van der Waals surface area contributed by atoms with Crippen molar-refractivity contribution in [2.24, 2.45) is 14.1 Å². The summed E-state index contributed by atoms with van der Waals surface area (Å²) in [4.78, 5) is 38.8. The smallest absolute Gasteiger partial charge is 0.390 e. The van der Waals surface area contributed by atoms with Gasteiger partial charge >= 0.3 is 11.6 Å². The van der Waals surface area contributed by atoms with E-state index in [1.54, 1.807) is 0 Å². The highest BCUT2D eigenvalue weighted by atomic mass is 35.5. The Hall–Kier alpha value is -3.01. The summed E-state index contributed by atoms with van der Waals surface area (Å²) in [7, 11) is 2.57. The van der Waals surface area contributed by atoms with E-state index in [-0.39, 0.29) is 28.3 Å². The number of benzene rings is 1. The molecular formula is C14H11ClFN5O4. The quantitative estimate of drug-likeness (QED) is 0.510. The number of hydrogen-bond acceptors (Lipinski definition) is 5. The summed E-state index contributed by atoms with van der Waals surface area (Å²) in [6.45, 7) is -0.383. The van der Waals surface area contributed by atoms with Crippen LogP contribution < -0.4 is 11.2 Å². The Labute approximate surface area is 143 Å². The minimum absolute atomic E-state index is 0.0255. The minimum atomic E-state index is -0.807. The van der Waals surface area contributed by atoms with E-state index in [4.69, 9.17) is 11.6 Å². The van der Waals surface area contributed by atoms with Gasteiger partial charge in [-0.1, -0.05) is 17.7 Å². The maximum absolute atomic E-state index is 14.1. The van der Waals surface area contributed by atoms with Gasteiger partial charge in [-0.15, -0.1) is 0 Å². The van der Waals surface area contributed by atoms with Crippen LogP contribution in [0.4, 0.5) is 10.3 Å². The van der Waals surface area contributed by atoms with Gasteiger partial charge in [-0.2, -0.15) is 0 Å². The number of fused-ring (bicyclic) bond motifs is 1. The number of aryl methyl sites for hydroxylation is 1. The average molecular weight is 368 g/mol. The summed E-state index contributed by atoms with van der Waals surface area (Å²) < 4.78 is 16.8. The number of hydrogen-bond donors (Lipinski definition) is 0. The Morgan fingerprint density at radius 1 is 1.28 bits per heavy atom. The van der Waals surface area contributed by atoms with Crippen molar-refractivity contribution in [1.82, 2.24) is 18.7 Å². The third-order valence-corrected chi connectivity index (χ3v) is 4.22. The number of nitrogens with zero attached hydrogens (tertiary/aromatic N) is 5. The van der Waals surface area contributed by atoms with Crippen LogP contribution in [0.5, 0.6) is 0 Å². The molecule has 25 heavy (non-hydrogen) atoms. The summed E-state index contributed by atoms with van der Waals surface area (Å²) in [5, 5.41) is 11.4. The van der Waals surface area contributed by atoms with Gasteiger partial charge in [0.25, 0.3) is 11.2 Å². The van der Waals surface area contributed by atoms with Gasteiger partial charge in [-0.3, -0.25) is 13.9 Å². The molecule has 0 aliphatic heterocycles. The van der Waals surface area contributed by atoms with Crippen molar-refractivity contribution in [3.8, 4) is 0 Å². The van der Waals surface area contributed by atoms with Gasteiger partial charge in [0.15, 0.2) is 0 Å². The third kappa shape index (κ3) is 2.50. The molecule has 0 atom stereocenters. The first-order valence-electron chi connectivity index (χ1n) is 6.97. The Kier molecular flexibility index (Phi) is 3.91. The molecule has 0 saturated heterocycles. The van der Waals surface area contributed by atoms with Crippen LogP contribution >= 0.6 is 11.6 Å². The van der Waals surface area contributed by atoms with Crippen LogP contribution in [-0.4, -0.2) is 23.6 Å². The molecule has 11 heteroatoms. The van der Waals surface area contributed by atoms with Crippen LogP contribution in [0.3, 0.4) is 0 Å². The summed E-state index contributed by atoms with van der Waals surface area (Å²) in [6, 6.07) is 3.98. The lowest BCUT2D eigenvalue weighted by atomic mass is 10.2. The molecule has 0 amide bonds. The van der Waals surface area contributed by atoms with Crippen LogP contribution in [-0.2, 0) is 20.6 Å². The molecule has 0 saturated carbocycles. The summed E-state index contributed by atoms with van der Waals surface area (Å²) in [6.07, 6.45) is 0. The van der Waals surface area contributed by atoms with Gasteiger partial charge in [-0.05, 0) is 22.0 Å². The van der Waals surface area contributed by atoms with E-state index in [0.29, 0.717) is 0 Å². The zero-order valence-corrected chi connectivity index (χ0v) is 13.8. The zero-order valence-electron chi connectivity index (χ0n) is 13.1. The molecule has 0 aliphatic rings. The first kappa shape index (κ1) is 16.8. The zero-order chi connectivity index (χ0) is 18.5. The second-order valence-corrected chi connectivity index (χ2v) is 5.74. The van der Waals surface area contributed by atoms with Crippen LogP contribution in [0, 0.1) is 15.9 Å². The van der Waals surface area contributed by atoms with Gasteiger partial charge in [0.2, 0.25) is 5.52 Å². The van der Waals surface area contributed by atoms with E-state index < -0.39 is 27.9 Å². The average Bonchev–Trinajstić information content (AvgIpc) is 2.94. The lowest BCUT2D eigenvalue weighted by Gasteiger charge is -2.07. The second-order valence-electron chi connectivity index (χ2n) is 5.33. The molecule has 0 N–H and O–H groups in total. The fourth-order valence-corrected chi connectivity index (χ4v) is 2.79. The van der Waals surface area contributed by atoms with E-state index in [1.165, 1.54) is 26.2 Å². The van der Waals surface area contributed by atoms with E-state index in [1.807, 2.05) is 0 Å². The number of nitro groups is 1. The van der Waals surface area contributed by atoms with Crippen molar-refractivity contribution in [1.29, 1.82) is 0 Å². The molecule has 0 bridgehead atoms. The Morgan fingerprint density at radius 2 is 1.96 bits per heavy atom. The third-order valence-electron chi connectivity index (χ3n) is 3.87. The van der Waals surface area contributed by atoms with E-state index in [0.717, 1.165) is 19.8 Å². The molecule has 0 spiro atoms. The molecule has 0 aliphatic carbocycles. The van der Waals surface area contributed by atoms with Crippen molar-refractivity contribution in [3.63, 3.8) is 0 Å². The van der Waals surface area contributed by atoms with Crippen LogP contribution in [0.1, 0.15) is 5.56 Å². The molecule has 3 aromatic rings. The number of rotatable bonds is 3. The predicted octanol–water partition coefficient (Wildman–Crippen LogP) is 1.18. The molecule has 0 radical (unpaired) electrons. The van der Waals surface area contributed by atoms with Crippen molar-refractivity contribution in [2.45, 2.75) is 6.54 Å². The Balaban J connectivity index is 2.41. The topological polar surface area (TPSA) is 105 Å². The number of halogens is 2. The Bertz CT molecular complexity index is 1130. The summed E-state index contributed by atoms with van der Waals surface area (Å²) >= 11 is 5.97. The van der Waals surface area contributed by atoms with E-state index >= 15 is 0 Å². The molecule has 2 heterocycles. The molecule has 0 unspecified atom stereocenters. The van der Waals surface area contributed by atoms with E-state index in [9.17, 15) is 24.1 Å². The summed E-state index contributed by atoms with van der Waals surface area (Å²) in [5.74, 6) is -1.36. The van der Waals surface area contributed by atoms with Gasteiger partial charge in [-0.25, -0.2) is 13.8 Å². The summed E-state index contributed by atoms with van der Waals surface area (Å²) in [5.41, 5.74) is -1.82. The largest absolute Gasteiger partial charge is 0.437 e. The number of aromatic nitrogens is 4. The van der Waals surface area contributed by atoms with Crippen molar-refractivity contribution in [3.05, 3.63) is 65.6 Å². The highest BCUT2D eigenvalue weighted by molar-refractivity contribution is 6.31. The predicted molar refractivity (Wildman–Crippen MR) is 87.4 cm³/mol. The first-order chi connectivity index (χ1) is 11.7. The fourth-order valence-electron chi connectivity index (χ4n) is 2.57. The fraction of sp³-hybridized carbons (Fsp3) is 0.214. The highest BCUT2D eigenvalue weighted by Crippen LogP contribution is 2.24. The van der Waals surface area contributed by atoms with Crippen molar-refractivity contribution < 1.29 is 9.31 Å². The molecule has 130 valence electrons. The molecule has 3 rings (SSSR count). The molecule has 9 nitrogen and oxygen atoms in total. The molecular weight excluding hydrogens is 357 g/mol. The monoisotopic (exact) mass is 367 g/mol. The van der Waals surface area contributed by atoms with E-state index in [2.05, 4.69) is 4.98 Å². The second kappa shape index (κ2) is 5.81. The normalized spacial score (nSPS) is 11.2. The molecule has 1 aromatic carbocycles. The lowest BCUT2D eigenvalue weighted by molar-refractivity contribution is -0.396. The maximum Gasteiger partial charge on any atom is 0.437 e. The van der Waals surface area contributed by atoms with Crippen LogP contribution in [0.25, 0.3) is 11.2 Å². The van der Waals surface area contributed by atoms with Gasteiger partial charge in [0.05, 0.1) is 0 Å². The van der Waals surface area contributed by atoms with Crippen LogP contribution in [0.15, 0.2) is 27.8 Å². The van der Waals surface area contributed by atoms with Gasteiger partial charge in [0.1, 0.15) is 12.4 Å². The van der Waals surface area contributed by atoms with Gasteiger partial charge in [0, 0.05) is 24.7 Å². The highest BCUT2D eigenvalue weighted by Gasteiger charge is 2.29. The van der Waals surface area contributed by atoms with Crippen molar-refractivity contribution >= 4 is 28.7 Å². The minimum Gasteiger partial charge on any atom is -0.390 e. The van der Waals surface area contributed by atoms with Gasteiger partial charge < -0.3 is 10.1 Å². The standard InChI is InChI=1S/C14H11ClFN5O4/c1-18-11-10(12(22)19(2)14(18)23)20(13(17-11)21(24)25)6-7-8(15)4-3-5-9(7)16/h3-5H,6H2,1-2H3. The van der Waals surface area contributed by atoms with Crippen LogP contribution in [0.2, 0.25) is 5.02 Å². The molecule has 0 fully saturated rings. The maximum atomic E-state index is 14.1. The number of imidazole rings is 1. The Morgan fingerprint density at radius 3 is 2.56 bits per heavy atom. The SMILES string of the molecule is Cn1c(=O)c2c(nc([N+](=O)[O-])n2Cc2c(F)cccc2Cl)n(C)c1=O. The first-order valence-corrected chi connectivity index (χ1v) is 7.35. The van der Waals surface area contributed by atoms with Crippen molar-refractivity contribution in [2.75, 3.05) is 0 Å². The lowest BCUT2D eigenvalue weighted by Crippen LogP contribution is -2.37. The molecule has 2 aromatic heterocycles.